The van der Waals surface area contributed by atoms with Gasteiger partial charge in [-0.1, -0.05) is 0 Å². The molecule has 1 unspecified atom stereocenters. The number of nitrogens with zero attached hydrogens (tertiary/aromatic N) is 1. The van der Waals surface area contributed by atoms with Gasteiger partial charge in [0.05, 0.1) is 6.34 Å². The summed E-state index contributed by atoms with van der Waals surface area (Å²) in [6, 6.07) is 0. The Morgan fingerprint density at radius 1 is 1.75 bits per heavy atom. The highest BCUT2D eigenvalue weighted by Gasteiger charge is 2.11. The van der Waals surface area contributed by atoms with Crippen LogP contribution in [0.3, 0.4) is 0 Å². The molecule has 3 heteroatoms. The van der Waals surface area contributed by atoms with Crippen LogP contribution in [-0.4, -0.2) is 12.0 Å². The summed E-state index contributed by atoms with van der Waals surface area (Å²) in [6.45, 7) is 1.83. The summed E-state index contributed by atoms with van der Waals surface area (Å²) in [4.78, 5) is 3.92. The monoisotopic (exact) mass is 111 g/mol. The van der Waals surface area contributed by atoms with Gasteiger partial charge in [0.25, 0.3) is 0 Å². The number of nitrogens with one attached hydrogen (secondary N) is 1. The van der Waals surface area contributed by atoms with Crippen LogP contribution >= 0.6 is 0 Å². The molecule has 0 aromatic rings. The molecule has 8 heavy (non-hydrogen) atoms. The van der Waals surface area contributed by atoms with Crippen molar-refractivity contribution in [2.24, 2.45) is 10.7 Å². The van der Waals surface area contributed by atoms with Gasteiger partial charge in [0, 0.05) is 6.20 Å². The first kappa shape index (κ1) is 5.31. The second-order valence-corrected chi connectivity index (χ2v) is 1.98. The first-order valence-corrected chi connectivity index (χ1v) is 2.47. The highest BCUT2D eigenvalue weighted by atomic mass is 15.1. The first-order valence-electron chi connectivity index (χ1n) is 2.47. The number of hydrogen-bond acceptors (Lipinski definition) is 3. The molecule has 1 aliphatic rings. The number of aliphatic imine (C=N–C) groups is 1. The van der Waals surface area contributed by atoms with E-state index in [2.05, 4.69) is 10.3 Å². The third-order valence-corrected chi connectivity index (χ3v) is 0.934. The van der Waals surface area contributed by atoms with Crippen LogP contribution in [-0.2, 0) is 0 Å². The van der Waals surface area contributed by atoms with E-state index in [4.69, 9.17) is 5.73 Å². The molecule has 1 heterocycles. The largest absolute Gasteiger partial charge is 0.353 e. The second-order valence-electron chi connectivity index (χ2n) is 1.98. The first-order chi connectivity index (χ1) is 3.71. The van der Waals surface area contributed by atoms with Gasteiger partial charge in [-0.25, -0.2) is 4.99 Å². The summed E-state index contributed by atoms with van der Waals surface area (Å²) in [6.07, 6.45) is 5.15. The maximum Gasteiger partial charge on any atom is 0.127 e. The van der Waals surface area contributed by atoms with Crippen LogP contribution in [0, 0.1) is 0 Å². The topological polar surface area (TPSA) is 50.4 Å². The second kappa shape index (κ2) is 1.59. The maximum absolute atomic E-state index is 5.55. The molecular formula is C5H9N3. The fraction of sp³-hybridized carbons (Fsp3) is 0.400. The Hall–Kier alpha value is -0.830. The molecule has 1 aliphatic heterocycles. The Morgan fingerprint density at radius 3 is 2.75 bits per heavy atom. The van der Waals surface area contributed by atoms with E-state index in [1.807, 2.05) is 6.92 Å². The van der Waals surface area contributed by atoms with E-state index >= 15 is 0 Å². The van der Waals surface area contributed by atoms with Gasteiger partial charge in [-0.3, -0.25) is 0 Å². The van der Waals surface area contributed by atoms with Gasteiger partial charge in [0.2, 0.25) is 0 Å². The van der Waals surface area contributed by atoms with Crippen molar-refractivity contribution in [2.45, 2.75) is 12.6 Å². The van der Waals surface area contributed by atoms with Crippen LogP contribution in [0.5, 0.6) is 0 Å². The zero-order valence-electron chi connectivity index (χ0n) is 4.76. The Labute approximate surface area is 48.3 Å². The third kappa shape index (κ3) is 1.07. The van der Waals surface area contributed by atoms with Crippen LogP contribution in [0.2, 0.25) is 0 Å². The van der Waals surface area contributed by atoms with Gasteiger partial charge in [-0.2, -0.15) is 0 Å². The molecule has 0 aliphatic carbocycles. The molecule has 0 aromatic heterocycles. The lowest BCUT2D eigenvalue weighted by Crippen LogP contribution is -2.34. The van der Waals surface area contributed by atoms with E-state index in [1.165, 1.54) is 0 Å². The summed E-state index contributed by atoms with van der Waals surface area (Å²) in [7, 11) is 0. The molecule has 0 fully saturated rings. The van der Waals surface area contributed by atoms with E-state index in [-0.39, 0.29) is 0 Å². The molecule has 3 N–H and O–H groups in total. The highest BCUT2D eigenvalue weighted by molar-refractivity contribution is 5.58. The Bertz CT molecular complexity index is 121. The van der Waals surface area contributed by atoms with Gasteiger partial charge in [-0.05, 0) is 13.0 Å². The van der Waals surface area contributed by atoms with Gasteiger partial charge >= 0.3 is 0 Å². The summed E-state index contributed by atoms with van der Waals surface area (Å²) in [5.41, 5.74) is 5.06. The summed E-state index contributed by atoms with van der Waals surface area (Å²) in [5.74, 6) is 0. The van der Waals surface area contributed by atoms with E-state index in [0.29, 0.717) is 0 Å². The van der Waals surface area contributed by atoms with Gasteiger partial charge in [0.1, 0.15) is 5.66 Å². The van der Waals surface area contributed by atoms with Crippen LogP contribution < -0.4 is 11.1 Å². The SMILES string of the molecule is CC1(N)C=CNC=N1. The minimum absolute atomic E-state index is 0.495. The van der Waals surface area contributed by atoms with Crippen molar-refractivity contribution < 1.29 is 0 Å². The average molecular weight is 111 g/mol. The van der Waals surface area contributed by atoms with Crippen molar-refractivity contribution in [1.29, 1.82) is 0 Å². The molecule has 0 radical (unpaired) electrons. The maximum atomic E-state index is 5.55. The zero-order valence-corrected chi connectivity index (χ0v) is 4.76. The van der Waals surface area contributed by atoms with Crippen LogP contribution in [0.1, 0.15) is 6.92 Å². The highest BCUT2D eigenvalue weighted by Crippen LogP contribution is 2.02. The van der Waals surface area contributed by atoms with E-state index in [9.17, 15) is 0 Å². The normalized spacial score (nSPS) is 34.8. The van der Waals surface area contributed by atoms with Gasteiger partial charge in [-0.15, -0.1) is 0 Å². The lowest BCUT2D eigenvalue weighted by molar-refractivity contribution is 0.611. The Balaban J connectivity index is 2.69. The van der Waals surface area contributed by atoms with Crippen molar-refractivity contribution in [3.05, 3.63) is 12.3 Å². The Morgan fingerprint density at radius 2 is 2.50 bits per heavy atom. The molecule has 1 atom stereocenters. The lowest BCUT2D eigenvalue weighted by atomic mass is 10.2. The fourth-order valence-corrected chi connectivity index (χ4v) is 0.479. The zero-order chi connectivity index (χ0) is 6.04. The van der Waals surface area contributed by atoms with Crippen molar-refractivity contribution in [3.63, 3.8) is 0 Å². The molecule has 3 nitrogen and oxygen atoms in total. The number of nitrogens with two attached hydrogens (primary N) is 1. The van der Waals surface area contributed by atoms with Gasteiger partial charge in [0.15, 0.2) is 0 Å². The minimum atomic E-state index is -0.495. The molecule has 1 rings (SSSR count). The molecule has 44 valence electrons. The van der Waals surface area contributed by atoms with E-state index < -0.39 is 5.66 Å². The van der Waals surface area contributed by atoms with Crippen molar-refractivity contribution >= 4 is 6.34 Å². The minimum Gasteiger partial charge on any atom is -0.353 e. The molecule has 0 amide bonds. The van der Waals surface area contributed by atoms with Crippen molar-refractivity contribution in [2.75, 3.05) is 0 Å². The van der Waals surface area contributed by atoms with Crippen molar-refractivity contribution in [3.8, 4) is 0 Å². The average Bonchev–Trinajstić information content (AvgIpc) is 1.65. The third-order valence-electron chi connectivity index (χ3n) is 0.934. The van der Waals surface area contributed by atoms with E-state index in [0.717, 1.165) is 0 Å². The fourth-order valence-electron chi connectivity index (χ4n) is 0.479. The molecule has 0 aromatic carbocycles. The van der Waals surface area contributed by atoms with E-state index in [1.54, 1.807) is 18.6 Å². The van der Waals surface area contributed by atoms with Crippen molar-refractivity contribution in [1.82, 2.24) is 5.32 Å². The summed E-state index contributed by atoms with van der Waals surface area (Å²) >= 11 is 0. The molecule has 0 saturated carbocycles. The summed E-state index contributed by atoms with van der Waals surface area (Å²) < 4.78 is 0. The molecule has 0 saturated heterocycles. The lowest BCUT2D eigenvalue weighted by Gasteiger charge is -2.16. The Kier molecular flexibility index (Phi) is 1.06. The predicted molar refractivity (Wildman–Crippen MR) is 33.4 cm³/mol. The van der Waals surface area contributed by atoms with Crippen LogP contribution in [0.4, 0.5) is 0 Å². The molecule has 0 bridgehead atoms. The van der Waals surface area contributed by atoms with Crippen LogP contribution in [0.15, 0.2) is 17.3 Å². The number of hydrogen-bond donors (Lipinski definition) is 2. The smallest absolute Gasteiger partial charge is 0.127 e. The standard InChI is InChI=1S/C5H9N3/c1-5(6)2-3-7-4-8-5/h2-4H,6H2,1H3,(H,7,8). The van der Waals surface area contributed by atoms with Gasteiger partial charge < -0.3 is 11.1 Å². The number of rotatable bonds is 0. The van der Waals surface area contributed by atoms with Crippen LogP contribution in [0.25, 0.3) is 0 Å². The predicted octanol–water partition coefficient (Wildman–Crippen LogP) is -0.193. The molecular weight excluding hydrogens is 102 g/mol. The summed E-state index contributed by atoms with van der Waals surface area (Å²) in [5, 5.41) is 2.79. The quantitative estimate of drug-likeness (QED) is 0.455. The molecule has 0 spiro atoms.